The van der Waals surface area contributed by atoms with Gasteiger partial charge in [-0.25, -0.2) is 9.18 Å². The first-order valence-corrected chi connectivity index (χ1v) is 7.49. The third-order valence-electron chi connectivity index (χ3n) is 3.90. The van der Waals surface area contributed by atoms with E-state index in [9.17, 15) is 9.18 Å². The van der Waals surface area contributed by atoms with E-state index in [0.717, 1.165) is 36.0 Å². The lowest BCUT2D eigenvalue weighted by atomic mass is 10.2. The van der Waals surface area contributed by atoms with Gasteiger partial charge < -0.3 is 19.9 Å². The number of halogens is 1. The van der Waals surface area contributed by atoms with Crippen molar-refractivity contribution in [3.05, 3.63) is 35.8 Å². The van der Waals surface area contributed by atoms with E-state index in [1.807, 2.05) is 6.07 Å². The summed E-state index contributed by atoms with van der Waals surface area (Å²) in [6.07, 6.45) is 2.19. The van der Waals surface area contributed by atoms with Gasteiger partial charge in [0.15, 0.2) is 0 Å². The minimum absolute atomic E-state index is 0.133. The normalized spacial score (nSPS) is 17.8. The van der Waals surface area contributed by atoms with E-state index >= 15 is 0 Å². The predicted octanol–water partition coefficient (Wildman–Crippen LogP) is 2.63. The maximum Gasteiger partial charge on any atom is 0.317 e. The van der Waals surface area contributed by atoms with Gasteiger partial charge >= 0.3 is 6.03 Å². The molecule has 1 aliphatic rings. The van der Waals surface area contributed by atoms with Gasteiger partial charge in [0, 0.05) is 36.8 Å². The maximum atomic E-state index is 13.2. The summed E-state index contributed by atoms with van der Waals surface area (Å²) < 4.78 is 18.7. The molecule has 2 heterocycles. The summed E-state index contributed by atoms with van der Waals surface area (Å²) in [5.41, 5.74) is 1.74. The Morgan fingerprint density at radius 2 is 2.36 bits per heavy atom. The molecule has 2 aromatic rings. The second-order valence-electron chi connectivity index (χ2n) is 5.70. The first kappa shape index (κ1) is 14.8. The van der Waals surface area contributed by atoms with Gasteiger partial charge in [-0.2, -0.15) is 0 Å². The first-order chi connectivity index (χ1) is 10.6. The maximum absolute atomic E-state index is 13.2. The number of amides is 2. The molecule has 0 aliphatic carbocycles. The number of carbonyl (C=O) groups is 1. The molecule has 1 aliphatic heterocycles. The van der Waals surface area contributed by atoms with Crippen molar-refractivity contribution >= 4 is 16.9 Å². The monoisotopic (exact) mass is 305 g/mol. The van der Waals surface area contributed by atoms with Crippen LogP contribution in [0.15, 0.2) is 24.3 Å². The molecule has 1 saturated heterocycles. The lowest BCUT2D eigenvalue weighted by Crippen LogP contribution is -2.40. The van der Waals surface area contributed by atoms with Gasteiger partial charge in [0.1, 0.15) is 5.82 Å². The molecule has 0 unspecified atom stereocenters. The number of nitrogens with zero attached hydrogens (tertiary/aromatic N) is 1. The molecule has 0 saturated carbocycles. The van der Waals surface area contributed by atoms with Gasteiger partial charge in [-0.05, 0) is 37.1 Å². The number of hydrogen-bond acceptors (Lipinski definition) is 2. The first-order valence-electron chi connectivity index (χ1n) is 7.49. The number of urea groups is 1. The highest BCUT2D eigenvalue weighted by molar-refractivity contribution is 5.80. The standard InChI is InChI=1S/C16H20FN3O2/c1-20(16(21)18-9-14-3-2-6-22-14)10-13-8-11-7-12(17)4-5-15(11)19-13/h4-5,7-8,14,19H,2-3,6,9-10H2,1H3,(H,18,21)/t14-/m1/s1. The van der Waals surface area contributed by atoms with Crippen molar-refractivity contribution < 1.29 is 13.9 Å². The Bertz CT molecular complexity index is 664. The average Bonchev–Trinajstić information content (AvgIpc) is 3.12. The second kappa shape index (κ2) is 6.36. The molecular weight excluding hydrogens is 285 g/mol. The summed E-state index contributed by atoms with van der Waals surface area (Å²) in [4.78, 5) is 16.8. The number of benzene rings is 1. The fourth-order valence-electron chi connectivity index (χ4n) is 2.72. The minimum Gasteiger partial charge on any atom is -0.376 e. The zero-order chi connectivity index (χ0) is 15.5. The third-order valence-corrected chi connectivity index (χ3v) is 3.90. The molecule has 118 valence electrons. The Morgan fingerprint density at radius 3 is 3.14 bits per heavy atom. The van der Waals surface area contributed by atoms with Crippen LogP contribution in [0.5, 0.6) is 0 Å². The molecule has 0 bridgehead atoms. The molecule has 3 rings (SSSR count). The Morgan fingerprint density at radius 1 is 1.50 bits per heavy atom. The molecule has 5 nitrogen and oxygen atoms in total. The number of aromatic amines is 1. The lowest BCUT2D eigenvalue weighted by Gasteiger charge is -2.18. The van der Waals surface area contributed by atoms with Crippen molar-refractivity contribution in [2.24, 2.45) is 0 Å². The van der Waals surface area contributed by atoms with Crippen molar-refractivity contribution in [1.82, 2.24) is 15.2 Å². The van der Waals surface area contributed by atoms with E-state index in [2.05, 4.69) is 10.3 Å². The summed E-state index contributed by atoms with van der Waals surface area (Å²) in [6.45, 7) is 1.76. The van der Waals surface area contributed by atoms with Crippen LogP contribution in [0.25, 0.3) is 10.9 Å². The minimum atomic E-state index is -0.263. The molecular formula is C16H20FN3O2. The van der Waals surface area contributed by atoms with Crippen molar-refractivity contribution in [1.29, 1.82) is 0 Å². The summed E-state index contributed by atoms with van der Waals surface area (Å²) >= 11 is 0. The van der Waals surface area contributed by atoms with Crippen LogP contribution in [0.4, 0.5) is 9.18 Å². The number of aromatic nitrogens is 1. The molecule has 0 radical (unpaired) electrons. The third kappa shape index (κ3) is 3.39. The van der Waals surface area contributed by atoms with E-state index in [1.54, 1.807) is 18.0 Å². The van der Waals surface area contributed by atoms with Gasteiger partial charge in [-0.3, -0.25) is 0 Å². The number of fused-ring (bicyclic) bond motifs is 1. The SMILES string of the molecule is CN(Cc1cc2cc(F)ccc2[nH]1)C(=O)NC[C@H]1CCCO1. The van der Waals surface area contributed by atoms with Crippen LogP contribution in [0.2, 0.25) is 0 Å². The number of H-pyrrole nitrogens is 1. The quantitative estimate of drug-likeness (QED) is 0.912. The highest BCUT2D eigenvalue weighted by Gasteiger charge is 2.17. The molecule has 0 spiro atoms. The molecule has 1 aromatic carbocycles. The van der Waals surface area contributed by atoms with E-state index in [4.69, 9.17) is 4.74 Å². The number of nitrogens with one attached hydrogen (secondary N) is 2. The van der Waals surface area contributed by atoms with Crippen molar-refractivity contribution in [3.63, 3.8) is 0 Å². The van der Waals surface area contributed by atoms with Crippen LogP contribution in [0, 0.1) is 5.82 Å². The highest BCUT2D eigenvalue weighted by atomic mass is 19.1. The van der Waals surface area contributed by atoms with Crippen LogP contribution in [0.1, 0.15) is 18.5 Å². The Labute approximate surface area is 128 Å². The fourth-order valence-corrected chi connectivity index (χ4v) is 2.72. The number of rotatable bonds is 4. The van der Waals surface area contributed by atoms with Crippen molar-refractivity contribution in [3.8, 4) is 0 Å². The zero-order valence-electron chi connectivity index (χ0n) is 12.6. The van der Waals surface area contributed by atoms with Gasteiger partial charge in [-0.15, -0.1) is 0 Å². The summed E-state index contributed by atoms with van der Waals surface area (Å²) in [6, 6.07) is 6.32. The summed E-state index contributed by atoms with van der Waals surface area (Å²) in [5.74, 6) is -0.263. The molecule has 22 heavy (non-hydrogen) atoms. The van der Waals surface area contributed by atoms with Crippen LogP contribution < -0.4 is 5.32 Å². The van der Waals surface area contributed by atoms with E-state index in [-0.39, 0.29) is 18.0 Å². The lowest BCUT2D eigenvalue weighted by molar-refractivity contribution is 0.109. The van der Waals surface area contributed by atoms with E-state index < -0.39 is 0 Å². The molecule has 2 N–H and O–H groups in total. The van der Waals surface area contributed by atoms with Crippen molar-refractivity contribution in [2.45, 2.75) is 25.5 Å². The molecule has 1 atom stereocenters. The van der Waals surface area contributed by atoms with Crippen LogP contribution >= 0.6 is 0 Å². The topological polar surface area (TPSA) is 57.4 Å². The van der Waals surface area contributed by atoms with Crippen LogP contribution in [-0.2, 0) is 11.3 Å². The van der Waals surface area contributed by atoms with Gasteiger partial charge in [0.2, 0.25) is 0 Å². The molecule has 1 aromatic heterocycles. The van der Waals surface area contributed by atoms with E-state index in [0.29, 0.717) is 13.1 Å². The molecule has 6 heteroatoms. The molecule has 1 fully saturated rings. The zero-order valence-corrected chi connectivity index (χ0v) is 12.6. The number of hydrogen-bond donors (Lipinski definition) is 2. The highest BCUT2D eigenvalue weighted by Crippen LogP contribution is 2.17. The van der Waals surface area contributed by atoms with Gasteiger partial charge in [-0.1, -0.05) is 0 Å². The number of carbonyl (C=O) groups excluding carboxylic acids is 1. The molecule has 2 amide bonds. The van der Waals surface area contributed by atoms with Crippen LogP contribution in [0.3, 0.4) is 0 Å². The van der Waals surface area contributed by atoms with Crippen LogP contribution in [-0.4, -0.2) is 42.2 Å². The Balaban J connectivity index is 1.57. The number of ether oxygens (including phenoxy) is 1. The van der Waals surface area contributed by atoms with Crippen molar-refractivity contribution in [2.75, 3.05) is 20.2 Å². The predicted molar refractivity (Wildman–Crippen MR) is 82.1 cm³/mol. The second-order valence-corrected chi connectivity index (χ2v) is 5.70. The Hall–Kier alpha value is -2.08. The summed E-state index contributed by atoms with van der Waals surface area (Å²) in [7, 11) is 1.73. The smallest absolute Gasteiger partial charge is 0.317 e. The van der Waals surface area contributed by atoms with E-state index in [1.165, 1.54) is 12.1 Å². The fraction of sp³-hybridized carbons (Fsp3) is 0.438. The Kier molecular flexibility index (Phi) is 4.29. The summed E-state index contributed by atoms with van der Waals surface area (Å²) in [5, 5.41) is 3.68. The van der Waals surface area contributed by atoms with Gasteiger partial charge in [0.25, 0.3) is 0 Å². The van der Waals surface area contributed by atoms with Gasteiger partial charge in [0.05, 0.1) is 12.6 Å². The average molecular weight is 305 g/mol. The largest absolute Gasteiger partial charge is 0.376 e.